The van der Waals surface area contributed by atoms with E-state index < -0.39 is 23.8 Å². The summed E-state index contributed by atoms with van der Waals surface area (Å²) in [6.45, 7) is 1.92. The maximum atomic E-state index is 13.4. The fraction of sp³-hybridized carbons (Fsp3) is 0.318. The topological polar surface area (TPSA) is 29.5 Å². The maximum Gasteiger partial charge on any atom is 0.416 e. The van der Waals surface area contributed by atoms with E-state index in [0.717, 1.165) is 12.1 Å². The van der Waals surface area contributed by atoms with Gasteiger partial charge in [-0.1, -0.05) is 29.3 Å². The van der Waals surface area contributed by atoms with Gasteiger partial charge in [-0.05, 0) is 60.6 Å². The number of rotatable bonds is 5. The fourth-order valence-electron chi connectivity index (χ4n) is 3.50. The van der Waals surface area contributed by atoms with E-state index in [0.29, 0.717) is 50.1 Å². The molecule has 0 N–H and O–H groups in total. The van der Waals surface area contributed by atoms with Crippen molar-refractivity contribution in [2.45, 2.75) is 25.6 Å². The third-order valence-electron chi connectivity index (χ3n) is 4.84. The number of carbonyl (C=O) groups is 1. The molecule has 3 aromatic carbocycles. The first kappa shape index (κ1) is 22.7. The minimum Gasteiger partial charge on any atom is -0.458 e. The van der Waals surface area contributed by atoms with Gasteiger partial charge in [-0.25, -0.2) is 0 Å². The van der Waals surface area contributed by atoms with E-state index in [2.05, 4.69) is 0 Å². The molecule has 0 saturated carbocycles. The Kier molecular flexibility index (Phi) is 6.51. The Balaban J connectivity index is 2.35. The summed E-state index contributed by atoms with van der Waals surface area (Å²) in [5, 5.41) is 2.59. The van der Waals surface area contributed by atoms with E-state index in [1.54, 1.807) is 12.1 Å². The van der Waals surface area contributed by atoms with Crippen LogP contribution >= 0.6 is 23.2 Å². The number of esters is 1. The van der Waals surface area contributed by atoms with E-state index in [-0.39, 0.29) is 0 Å². The molecule has 0 aromatic heterocycles. The number of nitrogens with zero attached hydrogens (tertiary/aromatic N) is 1. The third-order valence-corrected chi connectivity index (χ3v) is 5.37. The van der Waals surface area contributed by atoms with Gasteiger partial charge in [0.1, 0.15) is 6.10 Å². The van der Waals surface area contributed by atoms with Crippen molar-refractivity contribution in [1.82, 2.24) is 4.90 Å². The van der Waals surface area contributed by atoms with Crippen molar-refractivity contribution >= 4 is 50.7 Å². The maximum absolute atomic E-state index is 13.4. The Morgan fingerprint density at radius 3 is 2.30 bits per heavy atom. The van der Waals surface area contributed by atoms with Crippen molar-refractivity contribution in [1.29, 1.82) is 0 Å². The lowest BCUT2D eigenvalue weighted by atomic mass is 9.92. The average Bonchev–Trinajstić information content (AvgIpc) is 2.63. The van der Waals surface area contributed by atoms with E-state index in [4.69, 9.17) is 27.9 Å². The highest BCUT2D eigenvalue weighted by atomic mass is 35.5. The molecule has 1 atom stereocenters. The predicted octanol–water partition coefficient (Wildman–Crippen LogP) is 6.87. The molecule has 3 nitrogen and oxygen atoms in total. The standard InChI is InChI=1S/C22H20Cl2F3NO2/c1-12(29)30-21(6-7-28(2)3)19-11-18-17(9-14(23)10-20(18)24)16-8-13(22(25,26)27)4-5-15(16)19/h4-5,8-11,21H,6-7H2,1-3H3. The predicted molar refractivity (Wildman–Crippen MR) is 114 cm³/mol. The van der Waals surface area contributed by atoms with Gasteiger partial charge in [0, 0.05) is 40.9 Å². The van der Waals surface area contributed by atoms with Crippen LogP contribution in [0.15, 0.2) is 36.4 Å². The first-order valence-corrected chi connectivity index (χ1v) is 9.97. The first-order chi connectivity index (χ1) is 14.0. The van der Waals surface area contributed by atoms with Crippen molar-refractivity contribution in [3.05, 3.63) is 57.6 Å². The minimum atomic E-state index is -4.50. The molecule has 3 rings (SSSR count). The second-order valence-corrected chi connectivity index (χ2v) is 8.24. The van der Waals surface area contributed by atoms with E-state index >= 15 is 0 Å². The molecule has 30 heavy (non-hydrogen) atoms. The molecule has 0 radical (unpaired) electrons. The van der Waals surface area contributed by atoms with Crippen LogP contribution in [0.3, 0.4) is 0 Å². The smallest absolute Gasteiger partial charge is 0.416 e. The van der Waals surface area contributed by atoms with Crippen molar-refractivity contribution < 1.29 is 22.7 Å². The number of hydrogen-bond acceptors (Lipinski definition) is 3. The minimum absolute atomic E-state index is 0.312. The Labute approximate surface area is 182 Å². The molecule has 8 heteroatoms. The lowest BCUT2D eigenvalue weighted by Gasteiger charge is -2.23. The van der Waals surface area contributed by atoms with Gasteiger partial charge in [-0.3, -0.25) is 4.79 Å². The van der Waals surface area contributed by atoms with Gasteiger partial charge >= 0.3 is 12.1 Å². The summed E-state index contributed by atoms with van der Waals surface area (Å²) in [6.07, 6.45) is -4.67. The molecule has 0 fully saturated rings. The molecular formula is C22H20Cl2F3NO2. The molecule has 0 aliphatic heterocycles. The van der Waals surface area contributed by atoms with Crippen LogP contribution in [-0.2, 0) is 15.7 Å². The highest BCUT2D eigenvalue weighted by molar-refractivity contribution is 6.39. The zero-order valence-electron chi connectivity index (χ0n) is 16.6. The van der Waals surface area contributed by atoms with Gasteiger partial charge in [0.15, 0.2) is 0 Å². The van der Waals surface area contributed by atoms with Gasteiger partial charge in [-0.2, -0.15) is 13.2 Å². The fourth-order valence-corrected chi connectivity index (χ4v) is 4.05. The molecule has 0 heterocycles. The summed E-state index contributed by atoms with van der Waals surface area (Å²) >= 11 is 12.5. The Bertz CT molecular complexity index is 1110. The van der Waals surface area contributed by atoms with Crippen molar-refractivity contribution in [2.24, 2.45) is 0 Å². The van der Waals surface area contributed by atoms with Crippen LogP contribution in [0.2, 0.25) is 10.0 Å². The van der Waals surface area contributed by atoms with Crippen LogP contribution in [0, 0.1) is 0 Å². The normalized spacial score (nSPS) is 13.2. The number of halogens is 5. The van der Waals surface area contributed by atoms with Crippen LogP contribution < -0.4 is 0 Å². The lowest BCUT2D eigenvalue weighted by molar-refractivity contribution is -0.147. The van der Waals surface area contributed by atoms with Crippen LogP contribution in [0.4, 0.5) is 13.2 Å². The zero-order chi connectivity index (χ0) is 22.2. The van der Waals surface area contributed by atoms with Crippen LogP contribution in [0.5, 0.6) is 0 Å². The monoisotopic (exact) mass is 457 g/mol. The Morgan fingerprint density at radius 2 is 1.70 bits per heavy atom. The number of fused-ring (bicyclic) bond motifs is 3. The summed E-state index contributed by atoms with van der Waals surface area (Å²) in [6, 6.07) is 8.43. The molecule has 0 aliphatic carbocycles. The van der Waals surface area contributed by atoms with Crippen molar-refractivity contribution in [2.75, 3.05) is 20.6 Å². The van der Waals surface area contributed by atoms with Gasteiger partial charge in [0.2, 0.25) is 0 Å². The molecule has 3 aromatic rings. The average molecular weight is 458 g/mol. The van der Waals surface area contributed by atoms with Gasteiger partial charge in [-0.15, -0.1) is 0 Å². The zero-order valence-corrected chi connectivity index (χ0v) is 18.1. The van der Waals surface area contributed by atoms with Crippen LogP contribution in [-0.4, -0.2) is 31.5 Å². The number of ether oxygens (including phenoxy) is 1. The molecule has 1 unspecified atom stereocenters. The summed E-state index contributed by atoms with van der Waals surface area (Å²) in [5.74, 6) is -0.471. The quantitative estimate of drug-likeness (QED) is 0.309. The second kappa shape index (κ2) is 8.61. The number of benzene rings is 3. The molecule has 0 amide bonds. The SMILES string of the molecule is CC(=O)OC(CCN(C)C)c1cc2c(Cl)cc(Cl)cc2c2cc(C(F)(F)F)ccc12. The molecule has 0 aliphatic rings. The van der Waals surface area contributed by atoms with E-state index in [1.165, 1.54) is 19.1 Å². The van der Waals surface area contributed by atoms with Gasteiger partial charge in [0.25, 0.3) is 0 Å². The molecule has 0 saturated heterocycles. The number of carbonyl (C=O) groups excluding carboxylic acids is 1. The lowest BCUT2D eigenvalue weighted by Crippen LogP contribution is -2.19. The molecule has 0 bridgehead atoms. The summed E-state index contributed by atoms with van der Waals surface area (Å²) in [7, 11) is 3.77. The second-order valence-electron chi connectivity index (χ2n) is 7.40. The summed E-state index contributed by atoms with van der Waals surface area (Å²) in [4.78, 5) is 13.7. The first-order valence-electron chi connectivity index (χ1n) is 9.22. The third kappa shape index (κ3) is 4.82. The van der Waals surface area contributed by atoms with Crippen LogP contribution in [0.25, 0.3) is 21.5 Å². The largest absolute Gasteiger partial charge is 0.458 e. The van der Waals surface area contributed by atoms with Crippen molar-refractivity contribution in [3.63, 3.8) is 0 Å². The number of hydrogen-bond donors (Lipinski definition) is 0. The van der Waals surface area contributed by atoms with Gasteiger partial charge < -0.3 is 9.64 Å². The highest BCUT2D eigenvalue weighted by Gasteiger charge is 2.31. The van der Waals surface area contributed by atoms with E-state index in [1.807, 2.05) is 19.0 Å². The van der Waals surface area contributed by atoms with E-state index in [9.17, 15) is 18.0 Å². The summed E-state index contributed by atoms with van der Waals surface area (Å²) < 4.78 is 45.7. The van der Waals surface area contributed by atoms with Crippen LogP contribution in [0.1, 0.15) is 30.6 Å². The summed E-state index contributed by atoms with van der Waals surface area (Å²) in [5.41, 5.74) is -0.172. The number of alkyl halides is 3. The molecule has 160 valence electrons. The Hall–Kier alpha value is -2.02. The Morgan fingerprint density at radius 1 is 1.03 bits per heavy atom. The van der Waals surface area contributed by atoms with Crippen molar-refractivity contribution in [3.8, 4) is 0 Å². The highest BCUT2D eigenvalue weighted by Crippen LogP contribution is 2.41. The molecular weight excluding hydrogens is 438 g/mol. The molecule has 0 spiro atoms. The van der Waals surface area contributed by atoms with Gasteiger partial charge in [0.05, 0.1) is 5.56 Å².